The highest BCUT2D eigenvalue weighted by Crippen LogP contribution is 2.39. The van der Waals surface area contributed by atoms with Crippen LogP contribution in [0.4, 0.5) is 5.69 Å². The smallest absolute Gasteiger partial charge is 0.306 e. The predicted molar refractivity (Wildman–Crippen MR) is 107 cm³/mol. The van der Waals surface area contributed by atoms with E-state index in [0.717, 1.165) is 57.1 Å². The van der Waals surface area contributed by atoms with Crippen molar-refractivity contribution in [3.8, 4) is 0 Å². The summed E-state index contributed by atoms with van der Waals surface area (Å²) in [5, 5.41) is 15.9. The molecule has 2 saturated carbocycles. The average Bonchev–Trinajstić information content (AvgIpc) is 3.14. The third kappa shape index (κ3) is 4.70. The van der Waals surface area contributed by atoms with Crippen LogP contribution < -0.4 is 10.6 Å². The summed E-state index contributed by atoms with van der Waals surface area (Å²) in [7, 11) is 0. The molecule has 0 spiro atoms. The Morgan fingerprint density at radius 1 is 1.07 bits per heavy atom. The zero-order chi connectivity index (χ0) is 19.4. The van der Waals surface area contributed by atoms with Gasteiger partial charge in [0, 0.05) is 18.3 Å². The fourth-order valence-electron chi connectivity index (χ4n) is 4.50. The van der Waals surface area contributed by atoms with Gasteiger partial charge in [0.1, 0.15) is 0 Å². The summed E-state index contributed by atoms with van der Waals surface area (Å²) in [6, 6.07) is 6.39. The maximum Gasteiger partial charge on any atom is 0.306 e. The first-order chi connectivity index (χ1) is 12.9. The fraction of sp³-hybridized carbons (Fsp3) is 0.636. The number of benzene rings is 1. The lowest BCUT2D eigenvalue weighted by Crippen LogP contribution is -2.46. The van der Waals surface area contributed by atoms with Gasteiger partial charge in [-0.15, -0.1) is 0 Å². The lowest BCUT2D eigenvalue weighted by Gasteiger charge is -2.33. The molecule has 1 aromatic rings. The topological polar surface area (TPSA) is 78.4 Å². The molecule has 0 unspecified atom stereocenters. The van der Waals surface area contributed by atoms with Crippen LogP contribution in [-0.4, -0.2) is 29.6 Å². The third-order valence-corrected chi connectivity index (χ3v) is 6.61. The van der Waals surface area contributed by atoms with Crippen LogP contribution in [0.5, 0.6) is 0 Å². The zero-order valence-corrected chi connectivity index (χ0v) is 16.5. The van der Waals surface area contributed by atoms with Crippen LogP contribution >= 0.6 is 0 Å². The Kier molecular flexibility index (Phi) is 6.20. The average molecular weight is 373 g/mol. The van der Waals surface area contributed by atoms with Crippen molar-refractivity contribution < 1.29 is 14.7 Å². The van der Waals surface area contributed by atoms with Gasteiger partial charge in [0.15, 0.2) is 0 Å². The van der Waals surface area contributed by atoms with Gasteiger partial charge in [-0.2, -0.15) is 0 Å². The maximum absolute atomic E-state index is 13.1. The van der Waals surface area contributed by atoms with Crippen molar-refractivity contribution in [2.75, 3.05) is 11.9 Å². The van der Waals surface area contributed by atoms with E-state index in [1.807, 2.05) is 18.2 Å². The first kappa shape index (κ1) is 19.9. The van der Waals surface area contributed by atoms with Crippen LogP contribution in [0.3, 0.4) is 0 Å². The molecule has 5 nitrogen and oxygen atoms in total. The molecule has 27 heavy (non-hydrogen) atoms. The lowest BCUT2D eigenvalue weighted by atomic mass is 9.82. The van der Waals surface area contributed by atoms with E-state index in [-0.39, 0.29) is 17.2 Å². The van der Waals surface area contributed by atoms with Gasteiger partial charge >= 0.3 is 5.97 Å². The number of aryl methyl sites for hydroxylation is 2. The van der Waals surface area contributed by atoms with Crippen molar-refractivity contribution in [2.24, 2.45) is 11.3 Å². The van der Waals surface area contributed by atoms with Crippen molar-refractivity contribution in [1.29, 1.82) is 0 Å². The van der Waals surface area contributed by atoms with Crippen molar-refractivity contribution >= 4 is 17.6 Å². The minimum atomic E-state index is -0.673. The Morgan fingerprint density at radius 2 is 1.74 bits per heavy atom. The van der Waals surface area contributed by atoms with Gasteiger partial charge in [-0.1, -0.05) is 18.9 Å². The number of carbonyl (C=O) groups excluding carboxylic acids is 1. The molecule has 0 aliphatic heterocycles. The van der Waals surface area contributed by atoms with Gasteiger partial charge in [0.25, 0.3) is 0 Å². The molecule has 148 valence electrons. The molecule has 1 aromatic carbocycles. The zero-order valence-electron chi connectivity index (χ0n) is 16.5. The number of carboxylic acid groups (broad SMARTS) is 1. The Labute approximate surface area is 161 Å². The van der Waals surface area contributed by atoms with Crippen molar-refractivity contribution in [2.45, 2.75) is 71.3 Å². The van der Waals surface area contributed by atoms with Crippen LogP contribution in [0.25, 0.3) is 0 Å². The van der Waals surface area contributed by atoms with Crippen LogP contribution in [-0.2, 0) is 9.59 Å². The van der Waals surface area contributed by atoms with Gasteiger partial charge in [0.2, 0.25) is 5.91 Å². The molecule has 3 rings (SSSR count). The van der Waals surface area contributed by atoms with Crippen LogP contribution in [0.1, 0.15) is 62.5 Å². The number of hydrogen-bond donors (Lipinski definition) is 3. The number of hydrogen-bond acceptors (Lipinski definition) is 3. The van der Waals surface area contributed by atoms with E-state index >= 15 is 0 Å². The second-order valence-electron chi connectivity index (χ2n) is 8.51. The normalized spacial score (nSPS) is 24.5. The van der Waals surface area contributed by atoms with Crippen molar-refractivity contribution in [3.63, 3.8) is 0 Å². The molecule has 2 aliphatic rings. The van der Waals surface area contributed by atoms with Crippen molar-refractivity contribution in [1.82, 2.24) is 5.32 Å². The van der Waals surface area contributed by atoms with E-state index in [2.05, 4.69) is 24.5 Å². The molecule has 2 aliphatic carbocycles. The van der Waals surface area contributed by atoms with Gasteiger partial charge in [0.05, 0.1) is 11.3 Å². The molecule has 0 atom stereocenters. The van der Waals surface area contributed by atoms with E-state index in [1.165, 1.54) is 11.1 Å². The minimum Gasteiger partial charge on any atom is -0.481 e. The van der Waals surface area contributed by atoms with E-state index in [9.17, 15) is 9.59 Å². The summed E-state index contributed by atoms with van der Waals surface area (Å²) in [6.45, 7) is 4.82. The summed E-state index contributed by atoms with van der Waals surface area (Å²) in [5.74, 6) is -0.750. The summed E-state index contributed by atoms with van der Waals surface area (Å²) >= 11 is 0. The largest absolute Gasteiger partial charge is 0.481 e. The summed E-state index contributed by atoms with van der Waals surface area (Å²) in [4.78, 5) is 24.2. The van der Waals surface area contributed by atoms with Crippen molar-refractivity contribution in [3.05, 3.63) is 29.3 Å². The summed E-state index contributed by atoms with van der Waals surface area (Å²) < 4.78 is 0. The standard InChI is InChI=1S/C22H32N2O3/c1-15-5-8-19(13-16(15)2)24-21(27)22(11-3-4-12-22)14-23-18-9-6-17(7-10-18)20(25)26/h5,8,13,17-18,23H,3-4,6-7,9-12,14H2,1-2H3,(H,24,27)(H,25,26). The number of rotatable bonds is 6. The lowest BCUT2D eigenvalue weighted by molar-refractivity contribution is -0.142. The molecule has 0 saturated heterocycles. The molecule has 0 radical (unpaired) electrons. The molecule has 0 heterocycles. The number of nitrogens with one attached hydrogen (secondary N) is 2. The first-order valence-electron chi connectivity index (χ1n) is 10.2. The van der Waals surface area contributed by atoms with Gasteiger partial charge in [-0.3, -0.25) is 9.59 Å². The number of aliphatic carboxylic acids is 1. The highest BCUT2D eigenvalue weighted by atomic mass is 16.4. The highest BCUT2D eigenvalue weighted by Gasteiger charge is 2.41. The number of amides is 1. The predicted octanol–water partition coefficient (Wildman–Crippen LogP) is 4.04. The molecule has 2 fully saturated rings. The third-order valence-electron chi connectivity index (χ3n) is 6.61. The summed E-state index contributed by atoms with van der Waals surface area (Å²) in [6.07, 6.45) is 7.24. The van der Waals surface area contributed by atoms with Gasteiger partial charge in [-0.05, 0) is 75.6 Å². The quantitative estimate of drug-likeness (QED) is 0.704. The van der Waals surface area contributed by atoms with E-state index in [1.54, 1.807) is 0 Å². The van der Waals surface area contributed by atoms with Crippen LogP contribution in [0.2, 0.25) is 0 Å². The monoisotopic (exact) mass is 372 g/mol. The van der Waals surface area contributed by atoms with Crippen LogP contribution in [0, 0.1) is 25.2 Å². The molecular formula is C22H32N2O3. The van der Waals surface area contributed by atoms with E-state index in [0.29, 0.717) is 12.6 Å². The summed E-state index contributed by atoms with van der Waals surface area (Å²) in [5.41, 5.74) is 2.93. The first-order valence-corrected chi connectivity index (χ1v) is 10.2. The second kappa shape index (κ2) is 8.42. The number of anilines is 1. The Bertz CT molecular complexity index is 687. The Morgan fingerprint density at radius 3 is 2.33 bits per heavy atom. The second-order valence-corrected chi connectivity index (χ2v) is 8.51. The molecule has 3 N–H and O–H groups in total. The fourth-order valence-corrected chi connectivity index (χ4v) is 4.50. The maximum atomic E-state index is 13.1. The Hall–Kier alpha value is -1.88. The molecule has 0 aromatic heterocycles. The number of carbonyl (C=O) groups is 2. The molecule has 5 heteroatoms. The van der Waals surface area contributed by atoms with E-state index < -0.39 is 5.97 Å². The van der Waals surface area contributed by atoms with Gasteiger partial charge < -0.3 is 15.7 Å². The molecular weight excluding hydrogens is 340 g/mol. The van der Waals surface area contributed by atoms with Gasteiger partial charge in [-0.25, -0.2) is 0 Å². The minimum absolute atomic E-state index is 0.120. The molecule has 1 amide bonds. The number of carboxylic acids is 1. The van der Waals surface area contributed by atoms with E-state index in [4.69, 9.17) is 5.11 Å². The Balaban J connectivity index is 1.59. The molecule has 0 bridgehead atoms. The highest BCUT2D eigenvalue weighted by molar-refractivity contribution is 5.95. The SMILES string of the molecule is Cc1ccc(NC(=O)C2(CNC3CCC(C(=O)O)CC3)CCCC2)cc1C. The van der Waals surface area contributed by atoms with Crippen LogP contribution in [0.15, 0.2) is 18.2 Å².